The van der Waals surface area contributed by atoms with Gasteiger partial charge in [-0.25, -0.2) is 9.78 Å². The summed E-state index contributed by atoms with van der Waals surface area (Å²) in [6.45, 7) is 0.581. The summed E-state index contributed by atoms with van der Waals surface area (Å²) in [5.74, 6) is -0.345. The van der Waals surface area contributed by atoms with Gasteiger partial charge in [0.05, 0.1) is 0 Å². The number of carbonyl (C=O) groups is 1. The molecule has 1 N–H and O–H groups in total. The van der Waals surface area contributed by atoms with Crippen molar-refractivity contribution in [2.75, 3.05) is 0 Å². The number of aliphatic carboxylic acids is 1. The average Bonchev–Trinajstić information content (AvgIpc) is 2.83. The number of hydrogen-bond donors (Lipinski definition) is 1. The molecule has 19 heavy (non-hydrogen) atoms. The molecule has 2 rings (SSSR count). The van der Waals surface area contributed by atoms with E-state index < -0.39 is 5.97 Å². The first-order chi connectivity index (χ1) is 9.15. The van der Waals surface area contributed by atoms with Crippen molar-refractivity contribution in [1.82, 2.24) is 14.8 Å². The highest BCUT2D eigenvalue weighted by atomic mass is 35.5. The van der Waals surface area contributed by atoms with Gasteiger partial charge in [-0.3, -0.25) is 4.68 Å². The van der Waals surface area contributed by atoms with Gasteiger partial charge in [-0.1, -0.05) is 29.8 Å². The maximum absolute atomic E-state index is 10.3. The van der Waals surface area contributed by atoms with E-state index in [2.05, 4.69) is 10.1 Å². The van der Waals surface area contributed by atoms with Crippen LogP contribution in [0.25, 0.3) is 11.4 Å². The van der Waals surface area contributed by atoms with E-state index in [4.69, 9.17) is 16.7 Å². The van der Waals surface area contributed by atoms with E-state index in [1.807, 2.05) is 12.1 Å². The summed E-state index contributed by atoms with van der Waals surface area (Å²) in [6.07, 6.45) is 4.91. The fourth-order valence-corrected chi connectivity index (χ4v) is 1.74. The number of aryl methyl sites for hydroxylation is 1. The maximum atomic E-state index is 10.3. The minimum atomic E-state index is -0.946. The number of rotatable bonds is 5. The van der Waals surface area contributed by atoms with Gasteiger partial charge in [0.1, 0.15) is 6.33 Å². The van der Waals surface area contributed by atoms with Crippen molar-refractivity contribution >= 4 is 17.6 Å². The van der Waals surface area contributed by atoms with E-state index in [0.717, 1.165) is 11.6 Å². The van der Waals surface area contributed by atoms with Gasteiger partial charge in [0.2, 0.25) is 0 Å². The summed E-state index contributed by atoms with van der Waals surface area (Å²) in [7, 11) is 0. The van der Waals surface area contributed by atoms with Crippen LogP contribution >= 0.6 is 11.6 Å². The van der Waals surface area contributed by atoms with Crippen LogP contribution in [-0.2, 0) is 11.3 Å². The number of aromatic nitrogens is 3. The topological polar surface area (TPSA) is 68.0 Å². The zero-order chi connectivity index (χ0) is 13.7. The number of allylic oxidation sites excluding steroid dienone is 1. The van der Waals surface area contributed by atoms with Gasteiger partial charge in [0.15, 0.2) is 5.82 Å². The molecular weight excluding hydrogens is 266 g/mol. The second-order valence-electron chi connectivity index (χ2n) is 3.87. The zero-order valence-electron chi connectivity index (χ0n) is 10.0. The van der Waals surface area contributed by atoms with Crippen LogP contribution in [0.5, 0.6) is 0 Å². The molecule has 5 nitrogen and oxygen atoms in total. The molecule has 0 bridgehead atoms. The Labute approximate surface area is 115 Å². The lowest BCUT2D eigenvalue weighted by Gasteiger charge is -1.97. The predicted octanol–water partition coefficient (Wildman–Crippen LogP) is 2.63. The van der Waals surface area contributed by atoms with Crippen LogP contribution in [0, 0.1) is 0 Å². The van der Waals surface area contributed by atoms with Gasteiger partial charge in [0.25, 0.3) is 0 Å². The summed E-state index contributed by atoms with van der Waals surface area (Å²) >= 11 is 5.91. The quantitative estimate of drug-likeness (QED) is 0.853. The van der Waals surface area contributed by atoms with Gasteiger partial charge in [-0.2, -0.15) is 5.10 Å². The van der Waals surface area contributed by atoms with Crippen LogP contribution in [0.2, 0.25) is 5.02 Å². The molecule has 0 unspecified atom stereocenters. The van der Waals surface area contributed by atoms with Crippen molar-refractivity contribution in [2.24, 2.45) is 0 Å². The lowest BCUT2D eigenvalue weighted by atomic mass is 10.2. The van der Waals surface area contributed by atoms with Crippen molar-refractivity contribution in [3.63, 3.8) is 0 Å². The molecule has 0 atom stereocenters. The van der Waals surface area contributed by atoms with Crippen molar-refractivity contribution in [3.05, 3.63) is 47.8 Å². The third-order valence-corrected chi connectivity index (χ3v) is 2.64. The number of halogens is 1. The van der Waals surface area contributed by atoms with Crippen LogP contribution in [-0.4, -0.2) is 25.8 Å². The SMILES string of the molecule is O=C(O)/C=C/CCn1cnc(-c2cccc(Cl)c2)n1. The van der Waals surface area contributed by atoms with Gasteiger partial charge in [0, 0.05) is 23.2 Å². The third-order valence-electron chi connectivity index (χ3n) is 2.40. The van der Waals surface area contributed by atoms with Crippen molar-refractivity contribution < 1.29 is 9.90 Å². The van der Waals surface area contributed by atoms with Gasteiger partial charge in [-0.15, -0.1) is 0 Å². The Morgan fingerprint density at radius 2 is 2.32 bits per heavy atom. The monoisotopic (exact) mass is 277 g/mol. The Kier molecular flexibility index (Phi) is 4.30. The fraction of sp³-hybridized carbons (Fsp3) is 0.154. The van der Waals surface area contributed by atoms with Crippen LogP contribution in [0.15, 0.2) is 42.7 Å². The van der Waals surface area contributed by atoms with Crippen molar-refractivity contribution in [1.29, 1.82) is 0 Å². The maximum Gasteiger partial charge on any atom is 0.327 e. The Bertz CT molecular complexity index is 607. The van der Waals surface area contributed by atoms with Gasteiger partial charge in [-0.05, 0) is 18.6 Å². The summed E-state index contributed by atoms with van der Waals surface area (Å²) in [4.78, 5) is 14.5. The molecule has 1 aromatic heterocycles. The highest BCUT2D eigenvalue weighted by Gasteiger charge is 2.04. The molecule has 98 valence electrons. The number of benzene rings is 1. The molecule has 1 aromatic carbocycles. The van der Waals surface area contributed by atoms with E-state index in [1.165, 1.54) is 0 Å². The first kappa shape index (κ1) is 13.3. The molecule has 0 spiro atoms. The standard InChI is InChI=1S/C13H12ClN3O2/c14-11-5-3-4-10(8-11)13-15-9-17(16-13)7-2-1-6-12(18)19/h1,3-6,8-9H,2,7H2,(H,18,19)/b6-1+. The molecule has 1 heterocycles. The summed E-state index contributed by atoms with van der Waals surface area (Å²) in [5, 5.41) is 13.4. The van der Waals surface area contributed by atoms with E-state index in [9.17, 15) is 4.79 Å². The summed E-state index contributed by atoms with van der Waals surface area (Å²) in [5.41, 5.74) is 0.854. The van der Waals surface area contributed by atoms with Crippen molar-refractivity contribution in [2.45, 2.75) is 13.0 Å². The van der Waals surface area contributed by atoms with E-state index in [-0.39, 0.29) is 0 Å². The van der Waals surface area contributed by atoms with Crippen LogP contribution in [0.1, 0.15) is 6.42 Å². The molecule has 0 saturated carbocycles. The second kappa shape index (κ2) is 6.15. The first-order valence-electron chi connectivity index (χ1n) is 5.70. The Hall–Kier alpha value is -2.14. The normalized spacial score (nSPS) is 11.0. The molecule has 0 fully saturated rings. The largest absolute Gasteiger partial charge is 0.478 e. The predicted molar refractivity (Wildman–Crippen MR) is 71.9 cm³/mol. The molecule has 0 aliphatic rings. The third kappa shape index (κ3) is 3.93. The Morgan fingerprint density at radius 3 is 3.05 bits per heavy atom. The molecule has 0 saturated heterocycles. The van der Waals surface area contributed by atoms with Gasteiger partial charge >= 0.3 is 5.97 Å². The average molecular weight is 278 g/mol. The highest BCUT2D eigenvalue weighted by molar-refractivity contribution is 6.30. The molecule has 2 aromatic rings. The van der Waals surface area contributed by atoms with Crippen molar-refractivity contribution in [3.8, 4) is 11.4 Å². The molecule has 0 radical (unpaired) electrons. The van der Waals surface area contributed by atoms with E-state index >= 15 is 0 Å². The second-order valence-corrected chi connectivity index (χ2v) is 4.31. The Balaban J connectivity index is 2.01. The summed E-state index contributed by atoms with van der Waals surface area (Å²) < 4.78 is 1.67. The minimum absolute atomic E-state index is 0.581. The fourth-order valence-electron chi connectivity index (χ4n) is 1.55. The Morgan fingerprint density at radius 1 is 1.47 bits per heavy atom. The minimum Gasteiger partial charge on any atom is -0.478 e. The number of nitrogens with zero attached hydrogens (tertiary/aromatic N) is 3. The highest BCUT2D eigenvalue weighted by Crippen LogP contribution is 2.18. The number of carboxylic acids is 1. The molecular formula is C13H12ClN3O2. The first-order valence-corrected chi connectivity index (χ1v) is 6.08. The molecule has 0 aliphatic carbocycles. The lowest BCUT2D eigenvalue weighted by Crippen LogP contribution is -1.98. The van der Waals surface area contributed by atoms with Crippen LogP contribution in [0.3, 0.4) is 0 Å². The molecule has 0 aliphatic heterocycles. The smallest absolute Gasteiger partial charge is 0.327 e. The zero-order valence-corrected chi connectivity index (χ0v) is 10.8. The molecule has 0 amide bonds. The van der Waals surface area contributed by atoms with Crippen LogP contribution < -0.4 is 0 Å². The van der Waals surface area contributed by atoms with E-state index in [1.54, 1.807) is 29.2 Å². The van der Waals surface area contributed by atoms with Gasteiger partial charge < -0.3 is 5.11 Å². The van der Waals surface area contributed by atoms with E-state index in [0.29, 0.717) is 23.8 Å². The molecule has 6 heteroatoms. The lowest BCUT2D eigenvalue weighted by molar-refractivity contribution is -0.131. The number of carboxylic acid groups (broad SMARTS) is 1. The number of hydrogen-bond acceptors (Lipinski definition) is 3. The van der Waals surface area contributed by atoms with Crippen LogP contribution in [0.4, 0.5) is 0 Å². The summed E-state index contributed by atoms with van der Waals surface area (Å²) in [6, 6.07) is 7.31.